The number of hydrogen-bond donors (Lipinski definition) is 2. The Hall–Kier alpha value is -3.61. The standard InChI is InChI=1S/C27H26F6N4O2/c28-26(29,30)21-11-18(12-22(13-21)27(31,32)33)15-38-16-23(35-14-24-36-37(34)17-39-24)25(19-7-3-1-4-8-19)20-9-5-2-6-10-20/h1-13,23,25,35H,14-17,34H2. The lowest BCUT2D eigenvalue weighted by Crippen LogP contribution is -2.42. The number of rotatable bonds is 10. The Bertz CT molecular complexity index is 1180. The second-order valence-electron chi connectivity index (χ2n) is 8.92. The van der Waals surface area contributed by atoms with Crippen LogP contribution >= 0.6 is 0 Å². The minimum atomic E-state index is -4.94. The zero-order chi connectivity index (χ0) is 28.0. The fourth-order valence-corrected chi connectivity index (χ4v) is 4.30. The molecule has 0 saturated carbocycles. The van der Waals surface area contributed by atoms with Gasteiger partial charge < -0.3 is 14.8 Å². The summed E-state index contributed by atoms with van der Waals surface area (Å²) in [6.45, 7) is -0.267. The van der Waals surface area contributed by atoms with Gasteiger partial charge >= 0.3 is 12.4 Å². The third-order valence-electron chi connectivity index (χ3n) is 6.05. The van der Waals surface area contributed by atoms with E-state index in [0.29, 0.717) is 18.0 Å². The van der Waals surface area contributed by atoms with Crippen LogP contribution in [0.5, 0.6) is 0 Å². The second-order valence-corrected chi connectivity index (χ2v) is 8.92. The third kappa shape index (κ3) is 7.71. The zero-order valence-electron chi connectivity index (χ0n) is 20.5. The Labute approximate surface area is 221 Å². The molecule has 1 aliphatic heterocycles. The first-order valence-corrected chi connectivity index (χ1v) is 11.9. The molecule has 0 amide bonds. The largest absolute Gasteiger partial charge is 0.454 e. The number of nitrogens with two attached hydrogens (primary N) is 1. The van der Waals surface area contributed by atoms with Crippen LogP contribution in [0.1, 0.15) is 33.7 Å². The van der Waals surface area contributed by atoms with E-state index in [1.54, 1.807) is 0 Å². The summed E-state index contributed by atoms with van der Waals surface area (Å²) in [6, 6.07) is 19.9. The smallest absolute Gasteiger partial charge is 0.416 e. The van der Waals surface area contributed by atoms with Crippen molar-refractivity contribution in [1.29, 1.82) is 0 Å². The summed E-state index contributed by atoms with van der Waals surface area (Å²) < 4.78 is 90.9. The van der Waals surface area contributed by atoms with Crippen LogP contribution in [-0.4, -0.2) is 36.9 Å². The summed E-state index contributed by atoms with van der Waals surface area (Å²) in [6.07, 6.45) is -9.88. The van der Waals surface area contributed by atoms with E-state index in [4.69, 9.17) is 15.3 Å². The number of hydrazone groups is 1. The molecule has 0 spiro atoms. The van der Waals surface area contributed by atoms with Crippen molar-refractivity contribution in [3.63, 3.8) is 0 Å². The fraction of sp³-hybridized carbons (Fsp3) is 0.296. The van der Waals surface area contributed by atoms with E-state index in [2.05, 4.69) is 10.4 Å². The van der Waals surface area contributed by atoms with E-state index in [0.717, 1.165) is 16.2 Å². The summed E-state index contributed by atoms with van der Waals surface area (Å²) in [5, 5.41) is 8.49. The molecule has 39 heavy (non-hydrogen) atoms. The monoisotopic (exact) mass is 552 g/mol. The molecule has 12 heteroatoms. The average molecular weight is 553 g/mol. The van der Waals surface area contributed by atoms with E-state index >= 15 is 0 Å². The molecule has 6 nitrogen and oxygen atoms in total. The number of nitrogens with one attached hydrogen (secondary N) is 1. The lowest BCUT2D eigenvalue weighted by atomic mass is 9.85. The molecule has 0 saturated heterocycles. The van der Waals surface area contributed by atoms with Crippen molar-refractivity contribution < 1.29 is 35.8 Å². The Morgan fingerprint density at radius 3 is 1.87 bits per heavy atom. The van der Waals surface area contributed by atoms with E-state index in [1.165, 1.54) is 0 Å². The van der Waals surface area contributed by atoms with Crippen LogP contribution in [0, 0.1) is 0 Å². The molecule has 1 aliphatic rings. The molecule has 208 valence electrons. The molecular formula is C27H26F6N4O2. The molecular weight excluding hydrogens is 526 g/mol. The van der Waals surface area contributed by atoms with Crippen LogP contribution in [0.15, 0.2) is 84.0 Å². The molecule has 0 radical (unpaired) electrons. The molecule has 3 aromatic carbocycles. The molecule has 4 rings (SSSR count). The van der Waals surface area contributed by atoms with Gasteiger partial charge in [-0.2, -0.15) is 31.5 Å². The highest BCUT2D eigenvalue weighted by Gasteiger charge is 2.37. The first-order valence-electron chi connectivity index (χ1n) is 11.9. The van der Waals surface area contributed by atoms with Gasteiger partial charge in [0.25, 0.3) is 0 Å². The lowest BCUT2D eigenvalue weighted by Gasteiger charge is -2.29. The van der Waals surface area contributed by atoms with Crippen molar-refractivity contribution in [2.45, 2.75) is 30.9 Å². The maximum atomic E-state index is 13.3. The highest BCUT2D eigenvalue weighted by atomic mass is 19.4. The van der Waals surface area contributed by atoms with Gasteiger partial charge in [-0.05, 0) is 34.9 Å². The SMILES string of the molecule is NN1COC(CNC(COCc2cc(C(F)(F)F)cc(C(F)(F)F)c2)C(c2ccccc2)c2ccccc2)=N1. The molecule has 3 N–H and O–H groups in total. The molecule has 1 unspecified atom stereocenters. The number of benzene rings is 3. The van der Waals surface area contributed by atoms with E-state index in [9.17, 15) is 26.3 Å². The number of alkyl halides is 6. The topological polar surface area (TPSA) is 72.1 Å². The first kappa shape index (κ1) is 28.4. The van der Waals surface area contributed by atoms with Crippen LogP contribution < -0.4 is 11.2 Å². The molecule has 3 aromatic rings. The molecule has 0 aromatic heterocycles. The quantitative estimate of drug-likeness (QED) is 0.257. The van der Waals surface area contributed by atoms with Gasteiger partial charge in [-0.3, -0.25) is 0 Å². The Morgan fingerprint density at radius 2 is 1.41 bits per heavy atom. The number of hydrogen-bond acceptors (Lipinski definition) is 6. The predicted octanol–water partition coefficient (Wildman–Crippen LogP) is 5.51. The van der Waals surface area contributed by atoms with Gasteiger partial charge in [-0.1, -0.05) is 60.7 Å². The van der Waals surface area contributed by atoms with Gasteiger partial charge in [0.1, 0.15) is 0 Å². The Kier molecular flexibility index (Phi) is 8.78. The Morgan fingerprint density at radius 1 is 0.872 bits per heavy atom. The summed E-state index contributed by atoms with van der Waals surface area (Å²) in [7, 11) is 0. The normalized spacial score (nSPS) is 14.9. The van der Waals surface area contributed by atoms with E-state index < -0.39 is 36.1 Å². The van der Waals surface area contributed by atoms with Crippen LogP contribution in [0.4, 0.5) is 26.3 Å². The van der Waals surface area contributed by atoms with Crippen molar-refractivity contribution >= 4 is 5.90 Å². The predicted molar refractivity (Wildman–Crippen MR) is 132 cm³/mol. The second kappa shape index (κ2) is 12.1. The van der Waals surface area contributed by atoms with Crippen molar-refractivity contribution in [3.05, 3.63) is 107 Å². The molecule has 1 atom stereocenters. The maximum absolute atomic E-state index is 13.3. The lowest BCUT2D eigenvalue weighted by molar-refractivity contribution is -0.143. The number of halogens is 6. The van der Waals surface area contributed by atoms with Gasteiger partial charge in [-0.15, -0.1) is 5.10 Å². The minimum absolute atomic E-state index is 0.0499. The number of nitrogens with zero attached hydrogens (tertiary/aromatic N) is 2. The van der Waals surface area contributed by atoms with Crippen molar-refractivity contribution in [2.75, 3.05) is 19.9 Å². The highest BCUT2D eigenvalue weighted by molar-refractivity contribution is 5.78. The zero-order valence-corrected chi connectivity index (χ0v) is 20.5. The molecule has 0 fully saturated rings. The van der Waals surface area contributed by atoms with Gasteiger partial charge in [0.15, 0.2) is 6.73 Å². The van der Waals surface area contributed by atoms with Crippen LogP contribution in [0.25, 0.3) is 0 Å². The molecule has 0 aliphatic carbocycles. The van der Waals surface area contributed by atoms with Crippen LogP contribution in [0.3, 0.4) is 0 Å². The summed E-state index contributed by atoms with van der Waals surface area (Å²) in [4.78, 5) is 0. The van der Waals surface area contributed by atoms with Gasteiger partial charge in [0, 0.05) is 12.0 Å². The van der Waals surface area contributed by atoms with Crippen molar-refractivity contribution in [2.24, 2.45) is 10.9 Å². The molecule has 1 heterocycles. The fourth-order valence-electron chi connectivity index (χ4n) is 4.30. The van der Waals surface area contributed by atoms with Crippen molar-refractivity contribution in [1.82, 2.24) is 10.4 Å². The van der Waals surface area contributed by atoms with Gasteiger partial charge in [0.2, 0.25) is 5.90 Å². The van der Waals surface area contributed by atoms with Crippen molar-refractivity contribution in [3.8, 4) is 0 Å². The Balaban J connectivity index is 1.59. The third-order valence-corrected chi connectivity index (χ3v) is 6.05. The maximum Gasteiger partial charge on any atom is 0.416 e. The average Bonchev–Trinajstić information content (AvgIpc) is 3.32. The van der Waals surface area contributed by atoms with E-state index in [-0.39, 0.29) is 37.4 Å². The number of ether oxygens (including phenoxy) is 2. The van der Waals surface area contributed by atoms with Gasteiger partial charge in [-0.25, -0.2) is 5.84 Å². The van der Waals surface area contributed by atoms with Gasteiger partial charge in [0.05, 0.1) is 30.9 Å². The summed E-state index contributed by atoms with van der Waals surface area (Å²) in [5.41, 5.74) is -1.16. The van der Waals surface area contributed by atoms with Crippen LogP contribution in [-0.2, 0) is 28.4 Å². The molecule has 0 bridgehead atoms. The number of hydrazine groups is 1. The van der Waals surface area contributed by atoms with E-state index in [1.807, 2.05) is 60.7 Å². The highest BCUT2D eigenvalue weighted by Crippen LogP contribution is 2.36. The summed E-state index contributed by atoms with van der Waals surface area (Å²) in [5.74, 6) is 5.66. The minimum Gasteiger partial charge on any atom is -0.454 e. The summed E-state index contributed by atoms with van der Waals surface area (Å²) >= 11 is 0. The van der Waals surface area contributed by atoms with Crippen LogP contribution in [0.2, 0.25) is 0 Å². The first-order chi connectivity index (χ1) is 18.5.